The van der Waals surface area contributed by atoms with Crippen LogP contribution >= 0.6 is 0 Å². The molecule has 0 radical (unpaired) electrons. The summed E-state index contributed by atoms with van der Waals surface area (Å²) in [5.41, 5.74) is 9.60. The highest BCUT2D eigenvalue weighted by atomic mass is 14.9. The van der Waals surface area contributed by atoms with E-state index in [0.29, 0.717) is 5.82 Å². The molecule has 0 amide bonds. The zero-order chi connectivity index (χ0) is 31.9. The highest BCUT2D eigenvalue weighted by Crippen LogP contribution is 2.41. The Balaban J connectivity index is 1.27. The topological polar surface area (TPSA) is 25.8 Å². The lowest BCUT2D eigenvalue weighted by molar-refractivity contribution is 1.18. The third-order valence-corrected chi connectivity index (χ3v) is 9.26. The van der Waals surface area contributed by atoms with Gasteiger partial charge in [0.05, 0.1) is 11.4 Å². The van der Waals surface area contributed by atoms with Gasteiger partial charge in [0.1, 0.15) is 0 Å². The third-order valence-electron chi connectivity index (χ3n) is 9.26. The average Bonchev–Trinajstić information content (AvgIpc) is 3.17. The first-order chi connectivity index (χ1) is 23.8. The molecule has 8 aromatic carbocycles. The summed E-state index contributed by atoms with van der Waals surface area (Å²) in [6, 6.07) is 64.5. The fraction of sp³-hybridized carbons (Fsp3) is 0. The Morgan fingerprint density at radius 3 is 1.71 bits per heavy atom. The highest BCUT2D eigenvalue weighted by Gasteiger charge is 2.16. The van der Waals surface area contributed by atoms with Crippen LogP contribution in [0.5, 0.6) is 0 Å². The van der Waals surface area contributed by atoms with E-state index in [4.69, 9.17) is 9.97 Å². The van der Waals surface area contributed by atoms with Crippen LogP contribution in [0.1, 0.15) is 0 Å². The lowest BCUT2D eigenvalue weighted by Crippen LogP contribution is -1.97. The second-order valence-corrected chi connectivity index (χ2v) is 12.2. The van der Waals surface area contributed by atoms with Gasteiger partial charge in [-0.1, -0.05) is 164 Å². The van der Waals surface area contributed by atoms with Gasteiger partial charge in [-0.3, -0.25) is 0 Å². The Bertz CT molecular complexity index is 2610. The van der Waals surface area contributed by atoms with Gasteiger partial charge in [0, 0.05) is 16.7 Å². The Hall–Kier alpha value is -6.38. The molecule has 0 aliphatic rings. The molecule has 0 saturated heterocycles. The summed E-state index contributed by atoms with van der Waals surface area (Å²) in [6.45, 7) is 0. The maximum atomic E-state index is 5.19. The molecular weight excluding hydrogens is 581 g/mol. The monoisotopic (exact) mass is 610 g/mol. The number of fused-ring (bicyclic) bond motifs is 4. The maximum Gasteiger partial charge on any atom is 0.160 e. The molecule has 0 unspecified atom stereocenters. The first-order valence-electron chi connectivity index (χ1n) is 16.3. The first-order valence-corrected chi connectivity index (χ1v) is 16.3. The van der Waals surface area contributed by atoms with E-state index in [1.165, 1.54) is 37.9 Å². The van der Waals surface area contributed by atoms with Crippen molar-refractivity contribution in [1.29, 1.82) is 0 Å². The first kappa shape index (κ1) is 27.9. The van der Waals surface area contributed by atoms with Crippen LogP contribution < -0.4 is 0 Å². The predicted octanol–water partition coefficient (Wildman–Crippen LogP) is 12.3. The van der Waals surface area contributed by atoms with Gasteiger partial charge in [0.2, 0.25) is 0 Å². The molecule has 0 spiro atoms. The minimum atomic E-state index is 0.707. The lowest BCUT2D eigenvalue weighted by Gasteiger charge is -2.16. The molecule has 9 rings (SSSR count). The van der Waals surface area contributed by atoms with Crippen LogP contribution in [0.2, 0.25) is 0 Å². The molecule has 2 heteroatoms. The number of benzene rings is 8. The zero-order valence-electron chi connectivity index (χ0n) is 26.2. The number of aromatic nitrogens is 2. The van der Waals surface area contributed by atoms with Crippen molar-refractivity contribution in [2.24, 2.45) is 0 Å². The predicted molar refractivity (Wildman–Crippen MR) is 202 cm³/mol. The Morgan fingerprint density at radius 1 is 0.292 bits per heavy atom. The van der Waals surface area contributed by atoms with E-state index in [2.05, 4.69) is 164 Å². The Labute approximate surface area is 279 Å². The van der Waals surface area contributed by atoms with E-state index < -0.39 is 0 Å². The van der Waals surface area contributed by atoms with E-state index in [1.54, 1.807) is 0 Å². The summed E-state index contributed by atoms with van der Waals surface area (Å²) >= 11 is 0. The minimum Gasteiger partial charge on any atom is -0.228 e. The van der Waals surface area contributed by atoms with Crippen LogP contribution in [0.4, 0.5) is 0 Å². The molecule has 0 atom stereocenters. The largest absolute Gasteiger partial charge is 0.228 e. The molecule has 0 saturated carbocycles. The van der Waals surface area contributed by atoms with Gasteiger partial charge in [0.25, 0.3) is 0 Å². The zero-order valence-corrected chi connectivity index (χ0v) is 26.2. The summed E-state index contributed by atoms with van der Waals surface area (Å²) in [6.07, 6.45) is 0. The smallest absolute Gasteiger partial charge is 0.160 e. The Kier molecular flexibility index (Phi) is 6.84. The van der Waals surface area contributed by atoms with Crippen molar-refractivity contribution in [3.05, 3.63) is 182 Å². The molecule has 48 heavy (non-hydrogen) atoms. The summed E-state index contributed by atoms with van der Waals surface area (Å²) in [5.74, 6) is 0.707. The molecule has 224 valence electrons. The van der Waals surface area contributed by atoms with E-state index >= 15 is 0 Å². The van der Waals surface area contributed by atoms with Crippen LogP contribution in [-0.2, 0) is 0 Å². The van der Waals surface area contributed by atoms with Gasteiger partial charge in [-0.25, -0.2) is 9.97 Å². The molecule has 1 aromatic heterocycles. The molecular formula is C46H30N2. The van der Waals surface area contributed by atoms with Gasteiger partial charge in [0.15, 0.2) is 5.82 Å². The second-order valence-electron chi connectivity index (χ2n) is 12.2. The molecule has 9 aromatic rings. The summed E-state index contributed by atoms with van der Waals surface area (Å²) in [5, 5.41) is 7.49. The van der Waals surface area contributed by atoms with Gasteiger partial charge >= 0.3 is 0 Å². The minimum absolute atomic E-state index is 0.707. The van der Waals surface area contributed by atoms with E-state index in [0.717, 1.165) is 44.8 Å². The molecule has 0 aliphatic carbocycles. The van der Waals surface area contributed by atoms with Crippen molar-refractivity contribution in [1.82, 2.24) is 9.97 Å². The fourth-order valence-corrected chi connectivity index (χ4v) is 6.99. The summed E-state index contributed by atoms with van der Waals surface area (Å²) in [4.78, 5) is 10.4. The third kappa shape index (κ3) is 4.92. The van der Waals surface area contributed by atoms with Crippen molar-refractivity contribution in [2.45, 2.75) is 0 Å². The molecule has 0 aliphatic heterocycles. The summed E-state index contributed by atoms with van der Waals surface area (Å²) in [7, 11) is 0. The second kappa shape index (κ2) is 11.8. The van der Waals surface area contributed by atoms with Crippen molar-refractivity contribution in [2.75, 3.05) is 0 Å². The van der Waals surface area contributed by atoms with Crippen LogP contribution in [0, 0.1) is 0 Å². The molecule has 1 heterocycles. The van der Waals surface area contributed by atoms with Gasteiger partial charge < -0.3 is 0 Å². The highest BCUT2D eigenvalue weighted by molar-refractivity contribution is 6.20. The van der Waals surface area contributed by atoms with Crippen LogP contribution in [0.15, 0.2) is 182 Å². The number of nitrogens with zero attached hydrogens (tertiary/aromatic N) is 2. The van der Waals surface area contributed by atoms with E-state index in [1.807, 2.05) is 18.2 Å². The van der Waals surface area contributed by atoms with Gasteiger partial charge in [-0.05, 0) is 72.8 Å². The van der Waals surface area contributed by atoms with Crippen molar-refractivity contribution >= 4 is 32.3 Å². The quantitative estimate of drug-likeness (QED) is 0.143. The normalized spacial score (nSPS) is 11.3. The van der Waals surface area contributed by atoms with Crippen LogP contribution in [0.3, 0.4) is 0 Å². The SMILES string of the molecule is c1ccc(-c2nc(-c3cccc(-c4c5ccccc5cc5c4ccc4ccccc45)c3)cc(-c3ccccc3-c3ccccc3)n2)cc1. The maximum absolute atomic E-state index is 5.19. The average molecular weight is 611 g/mol. The van der Waals surface area contributed by atoms with E-state index in [-0.39, 0.29) is 0 Å². The van der Waals surface area contributed by atoms with Crippen molar-refractivity contribution in [3.8, 4) is 56.2 Å². The fourth-order valence-electron chi connectivity index (χ4n) is 6.99. The number of rotatable bonds is 5. The number of hydrogen-bond donors (Lipinski definition) is 0. The van der Waals surface area contributed by atoms with Gasteiger partial charge in [-0.15, -0.1) is 0 Å². The molecule has 0 N–H and O–H groups in total. The lowest BCUT2D eigenvalue weighted by atomic mass is 9.89. The molecule has 0 bridgehead atoms. The van der Waals surface area contributed by atoms with Gasteiger partial charge in [-0.2, -0.15) is 0 Å². The standard InChI is InChI=1S/C46H30N2/c1-3-14-31(15-4-1)37-22-11-12-25-40(37)44-30-43(47-46(48-44)33-17-5-2-6-18-33)35-20-13-21-36(28-35)45-39-24-10-8-19-34(39)29-42-38-23-9-7-16-32(38)26-27-41(42)45/h1-30H. The molecule has 2 nitrogen and oxygen atoms in total. The van der Waals surface area contributed by atoms with Crippen molar-refractivity contribution in [3.63, 3.8) is 0 Å². The van der Waals surface area contributed by atoms with Crippen LogP contribution in [-0.4, -0.2) is 9.97 Å². The van der Waals surface area contributed by atoms with Crippen molar-refractivity contribution < 1.29 is 0 Å². The number of hydrogen-bond acceptors (Lipinski definition) is 2. The summed E-state index contributed by atoms with van der Waals surface area (Å²) < 4.78 is 0. The molecule has 0 fully saturated rings. The van der Waals surface area contributed by atoms with E-state index in [9.17, 15) is 0 Å². The Morgan fingerprint density at radius 2 is 0.896 bits per heavy atom. The van der Waals surface area contributed by atoms with Crippen LogP contribution in [0.25, 0.3) is 88.5 Å².